The Bertz CT molecular complexity index is 946. The standard InChI is InChI=1S/C24H30FN3O4/c1-2-20(17-7-4-3-5-8-17)26-23(29)19-13-21(28-11-12-31-15-22(19)28)24(30)27-10-6-9-18(27)14-32-16-25/h3-5,7-8,13,18,20H,2,6,9-12,14-16H2,1H3,(H,26,29)/t18?,20-/m1/s1. The van der Waals surface area contributed by atoms with Crippen LogP contribution < -0.4 is 5.32 Å². The van der Waals surface area contributed by atoms with Crippen LogP contribution in [0.25, 0.3) is 0 Å². The van der Waals surface area contributed by atoms with Gasteiger partial charge in [-0.05, 0) is 30.9 Å². The van der Waals surface area contributed by atoms with E-state index in [0.29, 0.717) is 31.0 Å². The van der Waals surface area contributed by atoms with Gasteiger partial charge in [0.15, 0.2) is 6.86 Å². The van der Waals surface area contributed by atoms with E-state index in [1.807, 2.05) is 41.8 Å². The lowest BCUT2D eigenvalue weighted by atomic mass is 10.0. The Balaban J connectivity index is 1.59. The number of ether oxygens (including phenoxy) is 2. The van der Waals surface area contributed by atoms with Gasteiger partial charge in [0.1, 0.15) is 5.69 Å². The number of carbonyl (C=O) groups excluding carboxylic acids is 2. The number of benzene rings is 1. The minimum absolute atomic E-state index is 0.122. The molecule has 32 heavy (non-hydrogen) atoms. The van der Waals surface area contributed by atoms with Gasteiger partial charge in [-0.2, -0.15) is 0 Å². The highest BCUT2D eigenvalue weighted by Gasteiger charge is 2.34. The summed E-state index contributed by atoms with van der Waals surface area (Å²) in [5, 5.41) is 3.11. The number of likely N-dealkylation sites (tertiary alicyclic amines) is 1. The van der Waals surface area contributed by atoms with E-state index < -0.39 is 6.86 Å². The summed E-state index contributed by atoms with van der Waals surface area (Å²) in [5.41, 5.74) is 2.71. The Labute approximate surface area is 187 Å². The molecule has 8 heteroatoms. The normalized spacial score (nSPS) is 18.9. The highest BCUT2D eigenvalue weighted by atomic mass is 19.1. The van der Waals surface area contributed by atoms with E-state index in [-0.39, 0.29) is 37.1 Å². The van der Waals surface area contributed by atoms with E-state index in [1.54, 1.807) is 11.0 Å². The number of amides is 2. The topological polar surface area (TPSA) is 72.8 Å². The monoisotopic (exact) mass is 443 g/mol. The first kappa shape index (κ1) is 22.5. The summed E-state index contributed by atoms with van der Waals surface area (Å²) < 4.78 is 24.9. The first-order chi connectivity index (χ1) is 15.6. The number of hydrogen-bond donors (Lipinski definition) is 1. The molecule has 2 aliphatic rings. The number of alkyl halides is 1. The third kappa shape index (κ3) is 4.56. The Kier molecular flexibility index (Phi) is 7.22. The maximum atomic E-state index is 13.4. The van der Waals surface area contributed by atoms with E-state index in [0.717, 1.165) is 30.5 Å². The van der Waals surface area contributed by atoms with Gasteiger partial charge < -0.3 is 24.3 Å². The average Bonchev–Trinajstić information content (AvgIpc) is 3.46. The number of hydrogen-bond acceptors (Lipinski definition) is 4. The molecular formula is C24H30FN3O4. The molecule has 2 amide bonds. The number of halogens is 1. The molecule has 2 aromatic rings. The van der Waals surface area contributed by atoms with Crippen molar-refractivity contribution >= 4 is 11.8 Å². The fraction of sp³-hybridized carbons (Fsp3) is 0.500. The molecule has 1 fully saturated rings. The van der Waals surface area contributed by atoms with Gasteiger partial charge in [-0.25, -0.2) is 4.39 Å². The molecule has 0 bridgehead atoms. The van der Waals surface area contributed by atoms with Crippen LogP contribution in [-0.4, -0.2) is 53.9 Å². The number of nitrogens with zero attached hydrogens (tertiary/aromatic N) is 2. The van der Waals surface area contributed by atoms with Crippen LogP contribution in [0.15, 0.2) is 36.4 Å². The molecule has 1 saturated heterocycles. The summed E-state index contributed by atoms with van der Waals surface area (Å²) in [6, 6.07) is 11.3. The molecule has 0 radical (unpaired) electrons. The van der Waals surface area contributed by atoms with E-state index in [2.05, 4.69) is 5.32 Å². The fourth-order valence-corrected chi connectivity index (χ4v) is 4.64. The number of rotatable bonds is 8. The SMILES string of the molecule is CC[C@@H](NC(=O)c1cc(C(=O)N2CCCC2COCF)n2c1COCC2)c1ccccc1. The molecule has 0 saturated carbocycles. The largest absolute Gasteiger partial charge is 0.373 e. The van der Waals surface area contributed by atoms with Gasteiger partial charge in [0.25, 0.3) is 11.8 Å². The maximum absolute atomic E-state index is 13.4. The van der Waals surface area contributed by atoms with Gasteiger partial charge in [-0.1, -0.05) is 37.3 Å². The Morgan fingerprint density at radius 1 is 1.28 bits per heavy atom. The fourth-order valence-electron chi connectivity index (χ4n) is 4.64. The van der Waals surface area contributed by atoms with Gasteiger partial charge >= 0.3 is 0 Å². The van der Waals surface area contributed by atoms with Crippen molar-refractivity contribution in [2.45, 2.75) is 51.4 Å². The molecule has 1 unspecified atom stereocenters. The first-order valence-electron chi connectivity index (χ1n) is 11.2. The quantitative estimate of drug-likeness (QED) is 0.678. The second-order valence-corrected chi connectivity index (χ2v) is 8.21. The Hall–Kier alpha value is -2.71. The molecule has 0 aliphatic carbocycles. The van der Waals surface area contributed by atoms with Gasteiger partial charge in [-0.15, -0.1) is 0 Å². The maximum Gasteiger partial charge on any atom is 0.270 e. The van der Waals surface area contributed by atoms with Gasteiger partial charge in [-0.3, -0.25) is 9.59 Å². The second kappa shape index (κ2) is 10.3. The first-order valence-corrected chi connectivity index (χ1v) is 11.2. The van der Waals surface area contributed by atoms with Gasteiger partial charge in [0.2, 0.25) is 0 Å². The van der Waals surface area contributed by atoms with Crippen LogP contribution in [0.4, 0.5) is 4.39 Å². The Morgan fingerprint density at radius 3 is 2.84 bits per heavy atom. The summed E-state index contributed by atoms with van der Waals surface area (Å²) in [6.45, 7) is 3.23. The lowest BCUT2D eigenvalue weighted by molar-refractivity contribution is 0.0216. The number of fused-ring (bicyclic) bond motifs is 1. The molecule has 172 valence electrons. The van der Waals surface area contributed by atoms with Gasteiger partial charge in [0.05, 0.1) is 43.2 Å². The van der Waals surface area contributed by atoms with E-state index in [1.165, 1.54) is 0 Å². The highest BCUT2D eigenvalue weighted by molar-refractivity contribution is 6.01. The Morgan fingerprint density at radius 2 is 2.09 bits per heavy atom. The molecule has 1 N–H and O–H groups in total. The zero-order chi connectivity index (χ0) is 22.5. The van der Waals surface area contributed by atoms with Crippen molar-refractivity contribution in [1.82, 2.24) is 14.8 Å². The van der Waals surface area contributed by atoms with Crippen molar-refractivity contribution in [3.63, 3.8) is 0 Å². The zero-order valence-electron chi connectivity index (χ0n) is 18.4. The highest BCUT2D eigenvalue weighted by Crippen LogP contribution is 2.27. The molecule has 7 nitrogen and oxygen atoms in total. The lowest BCUT2D eigenvalue weighted by Crippen LogP contribution is -2.39. The van der Waals surface area contributed by atoms with Crippen LogP contribution in [0, 0.1) is 0 Å². The number of carbonyl (C=O) groups is 2. The van der Waals surface area contributed by atoms with Crippen LogP contribution in [0.3, 0.4) is 0 Å². The minimum Gasteiger partial charge on any atom is -0.373 e. The summed E-state index contributed by atoms with van der Waals surface area (Å²) in [7, 11) is 0. The molecule has 2 aliphatic heterocycles. The summed E-state index contributed by atoms with van der Waals surface area (Å²) >= 11 is 0. The summed E-state index contributed by atoms with van der Waals surface area (Å²) in [6.07, 6.45) is 2.38. The zero-order valence-corrected chi connectivity index (χ0v) is 18.4. The van der Waals surface area contributed by atoms with Crippen molar-refractivity contribution in [3.05, 3.63) is 58.9 Å². The molecule has 2 atom stereocenters. The van der Waals surface area contributed by atoms with E-state index >= 15 is 0 Å². The predicted octanol–water partition coefficient (Wildman–Crippen LogP) is 3.45. The van der Waals surface area contributed by atoms with Crippen LogP contribution in [0.5, 0.6) is 0 Å². The average molecular weight is 444 g/mol. The van der Waals surface area contributed by atoms with Crippen LogP contribution in [0.1, 0.15) is 64.3 Å². The molecular weight excluding hydrogens is 413 g/mol. The van der Waals surface area contributed by atoms with Crippen molar-refractivity contribution in [2.75, 3.05) is 26.6 Å². The molecule has 4 rings (SSSR count). The molecule has 0 spiro atoms. The number of nitrogens with one attached hydrogen (secondary N) is 1. The van der Waals surface area contributed by atoms with Crippen LogP contribution >= 0.6 is 0 Å². The smallest absolute Gasteiger partial charge is 0.270 e. The van der Waals surface area contributed by atoms with Crippen LogP contribution in [-0.2, 0) is 22.6 Å². The van der Waals surface area contributed by atoms with E-state index in [9.17, 15) is 14.0 Å². The predicted molar refractivity (Wildman–Crippen MR) is 117 cm³/mol. The lowest BCUT2D eigenvalue weighted by Gasteiger charge is -2.26. The van der Waals surface area contributed by atoms with Crippen LogP contribution in [0.2, 0.25) is 0 Å². The number of aromatic nitrogens is 1. The van der Waals surface area contributed by atoms with Crippen molar-refractivity contribution in [1.29, 1.82) is 0 Å². The molecule has 1 aromatic heterocycles. The summed E-state index contributed by atoms with van der Waals surface area (Å²) in [5.74, 6) is -0.361. The summed E-state index contributed by atoms with van der Waals surface area (Å²) in [4.78, 5) is 28.4. The second-order valence-electron chi connectivity index (χ2n) is 8.21. The minimum atomic E-state index is -0.860. The van der Waals surface area contributed by atoms with Gasteiger partial charge in [0, 0.05) is 13.1 Å². The van der Waals surface area contributed by atoms with Crippen molar-refractivity contribution in [3.8, 4) is 0 Å². The third-order valence-corrected chi connectivity index (χ3v) is 6.31. The van der Waals surface area contributed by atoms with Crippen molar-refractivity contribution in [2.24, 2.45) is 0 Å². The van der Waals surface area contributed by atoms with Crippen molar-refractivity contribution < 1.29 is 23.5 Å². The third-order valence-electron chi connectivity index (χ3n) is 6.31. The van der Waals surface area contributed by atoms with E-state index in [4.69, 9.17) is 9.47 Å². The molecule has 1 aromatic carbocycles. The molecule has 3 heterocycles.